The third kappa shape index (κ3) is 5.64. The number of benzene rings is 2. The fourth-order valence-electron chi connectivity index (χ4n) is 4.25. The molecular formula is C23H25F3N4O5. The van der Waals surface area contributed by atoms with Crippen molar-refractivity contribution in [1.82, 2.24) is 5.32 Å². The molecule has 0 saturated carbocycles. The first-order valence-electron chi connectivity index (χ1n) is 10.6. The van der Waals surface area contributed by atoms with Crippen molar-refractivity contribution in [2.45, 2.75) is 39.1 Å². The van der Waals surface area contributed by atoms with Gasteiger partial charge in [0.1, 0.15) is 18.8 Å². The van der Waals surface area contributed by atoms with E-state index in [-0.39, 0.29) is 37.0 Å². The number of carbonyl (C=O) groups is 2. The van der Waals surface area contributed by atoms with Crippen LogP contribution in [0.5, 0.6) is 0 Å². The van der Waals surface area contributed by atoms with E-state index in [0.717, 1.165) is 17.3 Å². The first-order chi connectivity index (χ1) is 16.1. The van der Waals surface area contributed by atoms with E-state index in [2.05, 4.69) is 0 Å². The fourth-order valence-corrected chi connectivity index (χ4v) is 4.25. The normalized spacial score (nSPS) is 16.1. The number of para-hydroxylation sites is 1. The molecule has 0 unspecified atom stereocenters. The highest BCUT2D eigenvalue weighted by atomic mass is 19.4. The molecule has 0 aliphatic carbocycles. The van der Waals surface area contributed by atoms with Crippen LogP contribution >= 0.6 is 0 Å². The number of nitro benzene ring substituents is 1. The summed E-state index contributed by atoms with van der Waals surface area (Å²) in [4.78, 5) is 38.8. The maximum Gasteiger partial charge on any atom is 0.414 e. The average Bonchev–Trinajstić information content (AvgIpc) is 2.82. The Hall–Kier alpha value is -3.83. The molecule has 1 fully saturated rings. The molecule has 2 aromatic carbocycles. The Balaban J connectivity index is 0.00000342. The van der Waals surface area contributed by atoms with Crippen molar-refractivity contribution < 1.29 is 32.4 Å². The van der Waals surface area contributed by atoms with Crippen molar-refractivity contribution in [3.05, 3.63) is 63.7 Å². The summed E-state index contributed by atoms with van der Waals surface area (Å²) >= 11 is 0. The number of piperidine rings is 1. The Kier molecular flexibility index (Phi) is 7.51. The Bertz CT molecular complexity index is 1120. The Morgan fingerprint density at radius 1 is 1.14 bits per heavy atom. The molecule has 2 heterocycles. The SMILES string of the molecule is C.O=C(NCC(F)(F)F)c1ccc(N2CCC(N3C(=O)OCc4ccccc43)CC2)c([N+](=O)[O-])c1. The zero-order valence-electron chi connectivity index (χ0n) is 17.9. The average molecular weight is 494 g/mol. The lowest BCUT2D eigenvalue weighted by molar-refractivity contribution is -0.384. The van der Waals surface area contributed by atoms with Gasteiger partial charge >= 0.3 is 12.3 Å². The van der Waals surface area contributed by atoms with Gasteiger partial charge in [0.25, 0.3) is 11.6 Å². The lowest BCUT2D eigenvalue weighted by Gasteiger charge is -2.40. The molecule has 4 rings (SSSR count). The maximum atomic E-state index is 12.5. The molecule has 0 spiro atoms. The van der Waals surface area contributed by atoms with Crippen LogP contribution in [0, 0.1) is 10.1 Å². The van der Waals surface area contributed by atoms with Crippen LogP contribution in [0.25, 0.3) is 0 Å². The highest BCUT2D eigenvalue weighted by Crippen LogP contribution is 2.35. The van der Waals surface area contributed by atoms with Gasteiger partial charge in [-0.1, -0.05) is 25.6 Å². The molecule has 0 atom stereocenters. The fraction of sp³-hybridized carbons (Fsp3) is 0.391. The van der Waals surface area contributed by atoms with Gasteiger partial charge in [-0.3, -0.25) is 19.8 Å². The van der Waals surface area contributed by atoms with Crippen molar-refractivity contribution in [3.8, 4) is 0 Å². The number of nitro groups is 1. The van der Waals surface area contributed by atoms with E-state index in [1.807, 2.05) is 24.3 Å². The van der Waals surface area contributed by atoms with Gasteiger partial charge < -0.3 is 15.0 Å². The smallest absolute Gasteiger partial charge is 0.414 e. The van der Waals surface area contributed by atoms with Gasteiger partial charge in [-0.15, -0.1) is 0 Å². The highest BCUT2D eigenvalue weighted by molar-refractivity contribution is 5.96. The summed E-state index contributed by atoms with van der Waals surface area (Å²) in [6.45, 7) is -0.523. The van der Waals surface area contributed by atoms with Crippen LogP contribution in [-0.4, -0.2) is 48.8 Å². The summed E-state index contributed by atoms with van der Waals surface area (Å²) in [6, 6.07) is 10.9. The van der Waals surface area contributed by atoms with E-state index < -0.39 is 29.6 Å². The van der Waals surface area contributed by atoms with E-state index in [4.69, 9.17) is 4.74 Å². The number of hydrogen-bond acceptors (Lipinski definition) is 6. The second-order valence-corrected chi connectivity index (χ2v) is 8.03. The van der Waals surface area contributed by atoms with Crippen LogP contribution in [0.2, 0.25) is 0 Å². The monoisotopic (exact) mass is 494 g/mol. The number of amides is 2. The molecule has 9 nitrogen and oxygen atoms in total. The second kappa shape index (κ2) is 10.2. The zero-order chi connectivity index (χ0) is 24.5. The second-order valence-electron chi connectivity index (χ2n) is 8.03. The summed E-state index contributed by atoms with van der Waals surface area (Å²) in [5.74, 6) is -1.05. The number of halogens is 3. The van der Waals surface area contributed by atoms with Crippen molar-refractivity contribution in [1.29, 1.82) is 0 Å². The van der Waals surface area contributed by atoms with Crippen LogP contribution in [0.1, 0.15) is 36.2 Å². The third-order valence-electron chi connectivity index (χ3n) is 5.85. The summed E-state index contributed by atoms with van der Waals surface area (Å²) in [5.41, 5.74) is 1.34. The Morgan fingerprint density at radius 3 is 2.49 bits per heavy atom. The number of ether oxygens (including phenoxy) is 1. The minimum Gasteiger partial charge on any atom is -0.444 e. The Morgan fingerprint density at radius 2 is 1.83 bits per heavy atom. The number of hydrogen-bond donors (Lipinski definition) is 1. The van der Waals surface area contributed by atoms with Gasteiger partial charge in [-0.05, 0) is 31.0 Å². The zero-order valence-corrected chi connectivity index (χ0v) is 17.9. The van der Waals surface area contributed by atoms with E-state index in [9.17, 15) is 32.9 Å². The molecule has 188 valence electrons. The van der Waals surface area contributed by atoms with E-state index in [0.29, 0.717) is 25.9 Å². The third-order valence-corrected chi connectivity index (χ3v) is 5.85. The molecule has 0 bridgehead atoms. The van der Waals surface area contributed by atoms with Crippen LogP contribution in [0.15, 0.2) is 42.5 Å². The van der Waals surface area contributed by atoms with Crippen LogP contribution in [0.4, 0.5) is 35.0 Å². The van der Waals surface area contributed by atoms with Gasteiger partial charge in [0.15, 0.2) is 0 Å². The number of nitrogens with one attached hydrogen (secondary N) is 1. The number of nitrogens with zero attached hydrogens (tertiary/aromatic N) is 3. The lowest BCUT2D eigenvalue weighted by atomic mass is 9.99. The van der Waals surface area contributed by atoms with Crippen molar-refractivity contribution >= 4 is 29.1 Å². The summed E-state index contributed by atoms with van der Waals surface area (Å²) in [5, 5.41) is 13.4. The van der Waals surface area contributed by atoms with E-state index in [1.54, 1.807) is 15.1 Å². The number of carbonyl (C=O) groups excluding carboxylic acids is 2. The molecule has 1 saturated heterocycles. The number of rotatable bonds is 5. The van der Waals surface area contributed by atoms with Crippen molar-refractivity contribution in [2.24, 2.45) is 0 Å². The number of cyclic esters (lactones) is 1. The molecule has 12 heteroatoms. The lowest BCUT2D eigenvalue weighted by Crippen LogP contribution is -2.49. The van der Waals surface area contributed by atoms with Gasteiger partial charge in [0.05, 0.1) is 10.6 Å². The molecule has 1 N–H and O–H groups in total. The largest absolute Gasteiger partial charge is 0.444 e. The molecule has 2 aliphatic heterocycles. The molecule has 0 radical (unpaired) electrons. The standard InChI is InChI=1S/C22H21F3N4O5.CH4/c23-22(24,25)13-26-20(30)14-5-6-18(19(11-14)29(32)33)27-9-7-16(8-10-27)28-17-4-2-1-3-15(17)12-34-21(28)31;/h1-6,11,16H,7-10,12-13H2,(H,26,30);1H4. The van der Waals surface area contributed by atoms with Gasteiger partial charge in [-0.25, -0.2) is 4.79 Å². The first-order valence-corrected chi connectivity index (χ1v) is 10.6. The molecule has 35 heavy (non-hydrogen) atoms. The van der Waals surface area contributed by atoms with Gasteiger partial charge in [0.2, 0.25) is 0 Å². The topological polar surface area (TPSA) is 105 Å². The van der Waals surface area contributed by atoms with Crippen LogP contribution in [0.3, 0.4) is 0 Å². The van der Waals surface area contributed by atoms with Crippen molar-refractivity contribution in [3.63, 3.8) is 0 Å². The Labute approximate surface area is 199 Å². The van der Waals surface area contributed by atoms with Crippen LogP contribution < -0.4 is 15.1 Å². The van der Waals surface area contributed by atoms with E-state index in [1.165, 1.54) is 12.1 Å². The summed E-state index contributed by atoms with van der Waals surface area (Å²) in [7, 11) is 0. The van der Waals surface area contributed by atoms with Gasteiger partial charge in [-0.2, -0.15) is 13.2 Å². The molecule has 2 amide bonds. The minimum absolute atomic E-state index is 0. The van der Waals surface area contributed by atoms with E-state index >= 15 is 0 Å². The predicted molar refractivity (Wildman–Crippen MR) is 123 cm³/mol. The molecular weight excluding hydrogens is 469 g/mol. The first kappa shape index (κ1) is 25.8. The number of alkyl halides is 3. The predicted octanol–water partition coefficient (Wildman–Crippen LogP) is 4.65. The molecule has 0 aromatic heterocycles. The number of fused-ring (bicyclic) bond motifs is 1. The molecule has 2 aliphatic rings. The summed E-state index contributed by atoms with van der Waals surface area (Å²) in [6.07, 6.45) is -3.98. The number of anilines is 2. The van der Waals surface area contributed by atoms with Crippen LogP contribution in [-0.2, 0) is 11.3 Å². The van der Waals surface area contributed by atoms with Gasteiger partial charge in [0, 0.05) is 36.3 Å². The minimum atomic E-state index is -4.59. The molecule has 2 aromatic rings. The highest BCUT2D eigenvalue weighted by Gasteiger charge is 2.35. The van der Waals surface area contributed by atoms with Crippen molar-refractivity contribution in [2.75, 3.05) is 29.4 Å². The summed E-state index contributed by atoms with van der Waals surface area (Å²) < 4.78 is 42.4. The quantitative estimate of drug-likeness (QED) is 0.479. The maximum absolute atomic E-state index is 12.5.